The first-order valence-electron chi connectivity index (χ1n) is 11.0. The summed E-state index contributed by atoms with van der Waals surface area (Å²) in [5, 5.41) is 0. The molecular weight excluding hydrogens is 418 g/mol. The van der Waals surface area contributed by atoms with E-state index in [0.29, 0.717) is 38.0 Å². The highest BCUT2D eigenvalue weighted by Gasteiger charge is 2.51. The van der Waals surface area contributed by atoms with Gasteiger partial charge in [-0.25, -0.2) is 0 Å². The lowest BCUT2D eigenvalue weighted by molar-refractivity contribution is -0.164. The molecule has 0 heterocycles. The molecule has 0 fully saturated rings. The zero-order chi connectivity index (χ0) is 24.3. The average molecular weight is 462 g/mol. The van der Waals surface area contributed by atoms with Crippen molar-refractivity contribution in [1.29, 1.82) is 0 Å². The molecular formula is C23H43NO6S. The van der Waals surface area contributed by atoms with Crippen molar-refractivity contribution < 1.29 is 28.6 Å². The van der Waals surface area contributed by atoms with Gasteiger partial charge in [0.15, 0.2) is 0 Å². The van der Waals surface area contributed by atoms with Crippen molar-refractivity contribution in [3.63, 3.8) is 0 Å². The van der Waals surface area contributed by atoms with Crippen LogP contribution in [0, 0.1) is 16.7 Å². The Hall–Kier alpha value is -1.28. The minimum absolute atomic E-state index is 0.166. The molecule has 8 heteroatoms. The Bertz CT molecular complexity index is 593. The SMILES string of the molecule is CCOC(=O)CCSC(C)(C)CC(C)(C(=O)OCCN)C(C)(C)CCC(C)C(=O)OC. The molecule has 31 heavy (non-hydrogen) atoms. The second-order valence-corrected chi connectivity index (χ2v) is 11.2. The van der Waals surface area contributed by atoms with Crippen molar-refractivity contribution in [2.24, 2.45) is 22.5 Å². The van der Waals surface area contributed by atoms with Crippen LogP contribution < -0.4 is 5.73 Å². The summed E-state index contributed by atoms with van der Waals surface area (Å²) in [6.45, 7) is 14.6. The van der Waals surface area contributed by atoms with Crippen molar-refractivity contribution in [3.05, 3.63) is 0 Å². The summed E-state index contributed by atoms with van der Waals surface area (Å²) in [7, 11) is 1.38. The standard InChI is InChI=1S/C23H43NO6S/c1-9-29-18(25)11-15-31-22(5,6)16-23(7,20(27)30-14-13-24)21(3,4)12-10-17(2)19(26)28-8/h17H,9-16,24H2,1-8H3. The van der Waals surface area contributed by atoms with E-state index in [1.54, 1.807) is 18.7 Å². The highest BCUT2D eigenvalue weighted by molar-refractivity contribution is 8.00. The Morgan fingerprint density at radius 1 is 1.06 bits per heavy atom. The Balaban J connectivity index is 5.47. The minimum atomic E-state index is -0.807. The fourth-order valence-corrected chi connectivity index (χ4v) is 4.83. The Labute approximate surface area is 192 Å². The predicted molar refractivity (Wildman–Crippen MR) is 125 cm³/mol. The van der Waals surface area contributed by atoms with E-state index >= 15 is 0 Å². The minimum Gasteiger partial charge on any atom is -0.469 e. The van der Waals surface area contributed by atoms with Crippen LogP contribution in [0.3, 0.4) is 0 Å². The summed E-state index contributed by atoms with van der Waals surface area (Å²) in [6.07, 6.45) is 2.14. The van der Waals surface area contributed by atoms with Gasteiger partial charge in [0.2, 0.25) is 0 Å². The average Bonchev–Trinajstić information content (AvgIpc) is 2.68. The molecule has 0 spiro atoms. The van der Waals surface area contributed by atoms with Gasteiger partial charge in [-0.3, -0.25) is 14.4 Å². The summed E-state index contributed by atoms with van der Waals surface area (Å²) >= 11 is 1.64. The first-order valence-corrected chi connectivity index (χ1v) is 12.0. The van der Waals surface area contributed by atoms with E-state index in [9.17, 15) is 14.4 Å². The van der Waals surface area contributed by atoms with Crippen LogP contribution >= 0.6 is 11.8 Å². The van der Waals surface area contributed by atoms with Gasteiger partial charge in [0.1, 0.15) is 6.61 Å². The zero-order valence-electron chi connectivity index (χ0n) is 20.7. The number of hydrogen-bond acceptors (Lipinski definition) is 8. The van der Waals surface area contributed by atoms with Crippen LogP contribution in [-0.4, -0.2) is 55.3 Å². The maximum Gasteiger partial charge on any atom is 0.312 e. The van der Waals surface area contributed by atoms with Crippen LogP contribution in [0.5, 0.6) is 0 Å². The van der Waals surface area contributed by atoms with Crippen molar-refractivity contribution in [2.45, 2.75) is 78.9 Å². The molecule has 0 aromatic heterocycles. The van der Waals surface area contributed by atoms with E-state index in [0.717, 1.165) is 0 Å². The number of carbonyl (C=O) groups excluding carboxylic acids is 3. The number of methoxy groups -OCH3 is 1. The lowest BCUT2D eigenvalue weighted by atomic mass is 9.60. The van der Waals surface area contributed by atoms with Gasteiger partial charge >= 0.3 is 17.9 Å². The Morgan fingerprint density at radius 3 is 2.19 bits per heavy atom. The van der Waals surface area contributed by atoms with Crippen LogP contribution in [0.1, 0.15) is 74.1 Å². The fraction of sp³-hybridized carbons (Fsp3) is 0.870. The molecule has 0 aromatic carbocycles. The maximum absolute atomic E-state index is 13.2. The highest BCUT2D eigenvalue weighted by atomic mass is 32.2. The van der Waals surface area contributed by atoms with E-state index in [4.69, 9.17) is 19.9 Å². The van der Waals surface area contributed by atoms with Gasteiger partial charge in [-0.2, -0.15) is 11.8 Å². The second kappa shape index (κ2) is 13.3. The summed E-state index contributed by atoms with van der Waals surface area (Å²) in [5.41, 5.74) is 4.29. The predicted octanol–water partition coefficient (Wildman–Crippen LogP) is 3.97. The van der Waals surface area contributed by atoms with Gasteiger partial charge in [-0.15, -0.1) is 0 Å². The molecule has 0 saturated carbocycles. The van der Waals surface area contributed by atoms with E-state index in [1.807, 2.05) is 27.7 Å². The van der Waals surface area contributed by atoms with Gasteiger partial charge in [0.05, 0.1) is 31.5 Å². The van der Waals surface area contributed by atoms with Gasteiger partial charge in [0.25, 0.3) is 0 Å². The van der Waals surface area contributed by atoms with Gasteiger partial charge < -0.3 is 19.9 Å². The second-order valence-electron chi connectivity index (χ2n) is 9.44. The van der Waals surface area contributed by atoms with Crippen LogP contribution in [0.2, 0.25) is 0 Å². The molecule has 7 nitrogen and oxygen atoms in total. The highest BCUT2D eigenvalue weighted by Crippen LogP contribution is 2.51. The molecule has 2 N–H and O–H groups in total. The quantitative estimate of drug-likeness (QED) is 0.288. The van der Waals surface area contributed by atoms with Crippen LogP contribution in [-0.2, 0) is 28.6 Å². The van der Waals surface area contributed by atoms with Crippen LogP contribution in [0.4, 0.5) is 0 Å². The van der Waals surface area contributed by atoms with E-state index in [2.05, 4.69) is 13.8 Å². The number of nitrogens with two attached hydrogens (primary N) is 1. The van der Waals surface area contributed by atoms with E-state index in [-0.39, 0.29) is 41.7 Å². The van der Waals surface area contributed by atoms with Crippen molar-refractivity contribution in [2.75, 3.05) is 32.6 Å². The molecule has 0 aliphatic carbocycles. The molecule has 0 aromatic rings. The third-order valence-corrected chi connectivity index (χ3v) is 7.32. The monoisotopic (exact) mass is 461 g/mol. The number of esters is 3. The molecule has 182 valence electrons. The molecule has 2 atom stereocenters. The topological polar surface area (TPSA) is 105 Å². The largest absolute Gasteiger partial charge is 0.469 e. The van der Waals surface area contributed by atoms with Gasteiger partial charge in [-0.05, 0) is 38.5 Å². The normalized spacial score (nSPS) is 15.0. The lowest BCUT2D eigenvalue weighted by Crippen LogP contribution is -2.47. The number of thioether (sulfide) groups is 1. The molecule has 0 aliphatic heterocycles. The molecule has 0 radical (unpaired) electrons. The summed E-state index contributed by atoms with van der Waals surface area (Å²) in [5.74, 6) is -0.390. The summed E-state index contributed by atoms with van der Waals surface area (Å²) < 4.78 is 15.1. The zero-order valence-corrected chi connectivity index (χ0v) is 21.5. The smallest absolute Gasteiger partial charge is 0.312 e. The first kappa shape index (κ1) is 29.7. The van der Waals surface area contributed by atoms with Gasteiger partial charge in [-0.1, -0.05) is 34.6 Å². The molecule has 0 aliphatic rings. The van der Waals surface area contributed by atoms with Crippen LogP contribution in [0.15, 0.2) is 0 Å². The summed E-state index contributed by atoms with van der Waals surface area (Å²) in [4.78, 5) is 36.7. The molecule has 0 rings (SSSR count). The van der Waals surface area contributed by atoms with Crippen molar-refractivity contribution >= 4 is 29.7 Å². The van der Waals surface area contributed by atoms with Crippen molar-refractivity contribution in [1.82, 2.24) is 0 Å². The van der Waals surface area contributed by atoms with Gasteiger partial charge in [0, 0.05) is 17.0 Å². The number of rotatable bonds is 15. The summed E-state index contributed by atoms with van der Waals surface area (Å²) in [6, 6.07) is 0. The molecule has 0 saturated heterocycles. The Morgan fingerprint density at radius 2 is 1.68 bits per heavy atom. The third kappa shape index (κ3) is 9.81. The first-order chi connectivity index (χ1) is 14.3. The molecule has 0 amide bonds. The van der Waals surface area contributed by atoms with E-state index < -0.39 is 10.8 Å². The Kier molecular flexibility index (Phi) is 12.8. The van der Waals surface area contributed by atoms with E-state index in [1.165, 1.54) is 7.11 Å². The fourth-order valence-electron chi connectivity index (χ4n) is 3.62. The number of hydrogen-bond donors (Lipinski definition) is 1. The molecule has 2 unspecified atom stereocenters. The number of carbonyl (C=O) groups is 3. The number of ether oxygens (including phenoxy) is 3. The third-order valence-electron chi connectivity index (χ3n) is 5.98. The van der Waals surface area contributed by atoms with Crippen molar-refractivity contribution in [3.8, 4) is 0 Å². The lowest BCUT2D eigenvalue weighted by Gasteiger charge is -2.46. The van der Waals surface area contributed by atoms with Crippen LogP contribution in [0.25, 0.3) is 0 Å². The maximum atomic E-state index is 13.2. The molecule has 0 bridgehead atoms.